The summed E-state index contributed by atoms with van der Waals surface area (Å²) in [6.07, 6.45) is 4.18. The third-order valence-electron chi connectivity index (χ3n) is 2.48. The summed E-state index contributed by atoms with van der Waals surface area (Å²) < 4.78 is 5.63. The zero-order valence-corrected chi connectivity index (χ0v) is 11.8. The molecule has 0 atom stereocenters. The van der Waals surface area contributed by atoms with E-state index in [9.17, 15) is 15.2 Å². The molecule has 18 heavy (non-hydrogen) atoms. The monoisotopic (exact) mass is 317 g/mol. The molecule has 0 saturated heterocycles. The van der Waals surface area contributed by atoms with Crippen LogP contribution in [0.4, 0.5) is 5.69 Å². The fraction of sp³-hybridized carbons (Fsp3) is 0.500. The van der Waals surface area contributed by atoms with Gasteiger partial charge in [0.1, 0.15) is 0 Å². The summed E-state index contributed by atoms with van der Waals surface area (Å²) in [6, 6.07) is 2.49. The van der Waals surface area contributed by atoms with Gasteiger partial charge in [-0.2, -0.15) is 0 Å². The second-order valence-corrected chi connectivity index (χ2v) is 4.79. The fourth-order valence-electron chi connectivity index (χ4n) is 1.49. The Balaban J connectivity index is 2.66. The van der Waals surface area contributed by atoms with Gasteiger partial charge in [0.15, 0.2) is 11.5 Å². The normalized spacial score (nSPS) is 10.3. The van der Waals surface area contributed by atoms with E-state index < -0.39 is 4.92 Å². The molecule has 0 aliphatic carbocycles. The average Bonchev–Trinajstić information content (AvgIpc) is 2.33. The highest BCUT2D eigenvalue weighted by Gasteiger charge is 2.15. The molecule has 0 spiro atoms. The van der Waals surface area contributed by atoms with Gasteiger partial charge in [0, 0.05) is 6.07 Å². The van der Waals surface area contributed by atoms with E-state index in [0.717, 1.165) is 25.7 Å². The van der Waals surface area contributed by atoms with E-state index in [-0.39, 0.29) is 21.7 Å². The number of non-ortho nitro benzene ring substituents is 1. The number of ether oxygens (including phenoxy) is 1. The second kappa shape index (κ2) is 7.20. The van der Waals surface area contributed by atoms with Crippen LogP contribution in [-0.2, 0) is 0 Å². The van der Waals surface area contributed by atoms with Crippen LogP contribution in [0, 0.1) is 10.1 Å². The predicted molar refractivity (Wildman–Crippen MR) is 72.1 cm³/mol. The molecule has 1 aromatic carbocycles. The molecule has 1 aromatic rings. The van der Waals surface area contributed by atoms with Gasteiger partial charge in [-0.3, -0.25) is 10.1 Å². The lowest BCUT2D eigenvalue weighted by Crippen LogP contribution is -1.99. The Morgan fingerprint density at radius 1 is 1.39 bits per heavy atom. The SMILES string of the molecule is CCCCCCOc1cc([N+](=O)[O-])cc(Br)c1O. The van der Waals surface area contributed by atoms with Crippen LogP contribution in [0.5, 0.6) is 11.5 Å². The third-order valence-corrected chi connectivity index (χ3v) is 3.08. The van der Waals surface area contributed by atoms with Crippen LogP contribution in [0.15, 0.2) is 16.6 Å². The first kappa shape index (κ1) is 14.8. The van der Waals surface area contributed by atoms with E-state index in [1.54, 1.807) is 0 Å². The molecule has 5 nitrogen and oxygen atoms in total. The lowest BCUT2D eigenvalue weighted by molar-refractivity contribution is -0.385. The highest BCUT2D eigenvalue weighted by atomic mass is 79.9. The van der Waals surface area contributed by atoms with Crippen molar-refractivity contribution in [1.82, 2.24) is 0 Å². The summed E-state index contributed by atoms with van der Waals surface area (Å²) in [5.41, 5.74) is -0.108. The fourth-order valence-corrected chi connectivity index (χ4v) is 1.92. The molecule has 0 fully saturated rings. The third kappa shape index (κ3) is 4.18. The van der Waals surface area contributed by atoms with Crippen molar-refractivity contribution in [3.05, 3.63) is 26.7 Å². The van der Waals surface area contributed by atoms with Gasteiger partial charge < -0.3 is 9.84 Å². The van der Waals surface area contributed by atoms with Gasteiger partial charge >= 0.3 is 0 Å². The number of rotatable bonds is 7. The van der Waals surface area contributed by atoms with E-state index in [1.807, 2.05) is 0 Å². The van der Waals surface area contributed by atoms with E-state index in [0.29, 0.717) is 6.61 Å². The van der Waals surface area contributed by atoms with Gasteiger partial charge in [-0.15, -0.1) is 0 Å². The Morgan fingerprint density at radius 3 is 2.72 bits per heavy atom. The van der Waals surface area contributed by atoms with E-state index in [1.165, 1.54) is 12.1 Å². The molecular formula is C12H16BrNO4. The van der Waals surface area contributed by atoms with Crippen LogP contribution in [0.2, 0.25) is 0 Å². The number of phenolic OH excluding ortho intramolecular Hbond substituents is 1. The quantitative estimate of drug-likeness (QED) is 0.468. The van der Waals surface area contributed by atoms with Gasteiger partial charge in [0.05, 0.1) is 22.1 Å². The summed E-state index contributed by atoms with van der Waals surface area (Å²) in [5, 5.41) is 20.4. The first-order valence-electron chi connectivity index (χ1n) is 5.86. The Morgan fingerprint density at radius 2 is 2.11 bits per heavy atom. The number of nitro groups is 1. The zero-order valence-electron chi connectivity index (χ0n) is 10.2. The largest absolute Gasteiger partial charge is 0.503 e. The van der Waals surface area contributed by atoms with Gasteiger partial charge in [0.25, 0.3) is 5.69 Å². The Labute approximate surface area is 114 Å². The number of hydrogen-bond donors (Lipinski definition) is 1. The molecule has 0 unspecified atom stereocenters. The summed E-state index contributed by atoms with van der Waals surface area (Å²) in [5.74, 6) is 0.0451. The number of aromatic hydroxyl groups is 1. The van der Waals surface area contributed by atoms with E-state index in [4.69, 9.17) is 4.74 Å². The van der Waals surface area contributed by atoms with Gasteiger partial charge in [0.2, 0.25) is 0 Å². The van der Waals surface area contributed by atoms with Crippen LogP contribution in [-0.4, -0.2) is 16.6 Å². The second-order valence-electron chi connectivity index (χ2n) is 3.94. The van der Waals surface area contributed by atoms with Crippen molar-refractivity contribution in [3.63, 3.8) is 0 Å². The van der Waals surface area contributed by atoms with Crippen LogP contribution < -0.4 is 4.74 Å². The van der Waals surface area contributed by atoms with Gasteiger partial charge in [-0.05, 0) is 22.4 Å². The van der Waals surface area contributed by atoms with Crippen LogP contribution in [0.1, 0.15) is 32.6 Å². The molecule has 0 saturated carbocycles. The molecule has 6 heteroatoms. The first-order valence-corrected chi connectivity index (χ1v) is 6.65. The van der Waals surface area contributed by atoms with Crippen molar-refractivity contribution in [1.29, 1.82) is 0 Å². The molecule has 0 aliphatic rings. The summed E-state index contributed by atoms with van der Waals surface area (Å²) >= 11 is 3.06. The lowest BCUT2D eigenvalue weighted by Gasteiger charge is -2.08. The smallest absolute Gasteiger partial charge is 0.274 e. The maximum atomic E-state index is 10.7. The molecule has 1 rings (SSSR count). The molecule has 0 bridgehead atoms. The first-order chi connectivity index (χ1) is 8.56. The number of halogens is 1. The summed E-state index contributed by atoms with van der Waals surface area (Å²) in [7, 11) is 0. The molecule has 0 aromatic heterocycles. The molecule has 100 valence electrons. The van der Waals surface area contributed by atoms with Crippen LogP contribution in [0.25, 0.3) is 0 Å². The number of nitro benzene ring substituents is 1. The minimum Gasteiger partial charge on any atom is -0.503 e. The maximum Gasteiger partial charge on any atom is 0.274 e. The van der Waals surface area contributed by atoms with Crippen molar-refractivity contribution >= 4 is 21.6 Å². The minimum atomic E-state index is -0.520. The van der Waals surface area contributed by atoms with Crippen molar-refractivity contribution in [2.75, 3.05) is 6.61 Å². The van der Waals surface area contributed by atoms with Crippen LogP contribution >= 0.6 is 15.9 Å². The number of nitrogens with zero attached hydrogens (tertiary/aromatic N) is 1. The summed E-state index contributed by atoms with van der Waals surface area (Å²) in [4.78, 5) is 10.2. The highest BCUT2D eigenvalue weighted by molar-refractivity contribution is 9.10. The minimum absolute atomic E-state index is 0.101. The maximum absolute atomic E-state index is 10.7. The molecule has 1 N–H and O–H groups in total. The molecule has 0 amide bonds. The molecule has 0 aliphatic heterocycles. The standard InChI is InChI=1S/C12H16BrNO4/c1-2-3-4-5-6-18-11-8-9(14(16)17)7-10(13)12(11)15/h7-8,15H,2-6H2,1H3. The molecule has 0 heterocycles. The Bertz CT molecular complexity index is 423. The number of benzene rings is 1. The molecule has 0 radical (unpaired) electrons. The van der Waals surface area contributed by atoms with Gasteiger partial charge in [-0.1, -0.05) is 26.2 Å². The molecular weight excluding hydrogens is 302 g/mol. The lowest BCUT2D eigenvalue weighted by atomic mass is 10.2. The van der Waals surface area contributed by atoms with Crippen molar-refractivity contribution in [3.8, 4) is 11.5 Å². The summed E-state index contributed by atoms with van der Waals surface area (Å²) in [6.45, 7) is 2.56. The highest BCUT2D eigenvalue weighted by Crippen LogP contribution is 2.38. The van der Waals surface area contributed by atoms with E-state index in [2.05, 4.69) is 22.9 Å². The van der Waals surface area contributed by atoms with Gasteiger partial charge in [-0.25, -0.2) is 0 Å². The van der Waals surface area contributed by atoms with E-state index >= 15 is 0 Å². The Hall–Kier alpha value is -1.30. The topological polar surface area (TPSA) is 72.6 Å². The van der Waals surface area contributed by atoms with Crippen molar-refractivity contribution in [2.45, 2.75) is 32.6 Å². The average molecular weight is 318 g/mol. The predicted octanol–water partition coefficient (Wildman–Crippen LogP) is 4.02. The van der Waals surface area contributed by atoms with Crippen molar-refractivity contribution in [2.24, 2.45) is 0 Å². The number of phenols is 1. The number of hydrogen-bond acceptors (Lipinski definition) is 4. The zero-order chi connectivity index (χ0) is 13.5. The van der Waals surface area contributed by atoms with Crippen molar-refractivity contribution < 1.29 is 14.8 Å². The van der Waals surface area contributed by atoms with Crippen LogP contribution in [0.3, 0.4) is 0 Å². The Kier molecular flexibility index (Phi) is 5.91. The number of unbranched alkanes of at least 4 members (excludes halogenated alkanes) is 3.